The lowest BCUT2D eigenvalue weighted by Gasteiger charge is -2.01. The molecular formula is C12H17NO4. The molecule has 1 aromatic heterocycles. The Morgan fingerprint density at radius 2 is 1.41 bits per heavy atom. The Kier molecular flexibility index (Phi) is 5.26. The average Bonchev–Trinajstić information content (AvgIpc) is 2.82. The molecule has 17 heavy (non-hydrogen) atoms. The lowest BCUT2D eigenvalue weighted by atomic mass is 10.4. The molecule has 0 saturated carbocycles. The van der Waals surface area contributed by atoms with Crippen molar-refractivity contribution in [3.8, 4) is 0 Å². The van der Waals surface area contributed by atoms with Crippen molar-refractivity contribution in [1.29, 1.82) is 0 Å². The van der Waals surface area contributed by atoms with Gasteiger partial charge in [-0.1, -0.05) is 13.8 Å². The van der Waals surface area contributed by atoms with Crippen LogP contribution in [0.3, 0.4) is 0 Å². The number of aromatic nitrogens is 1. The van der Waals surface area contributed by atoms with Gasteiger partial charge in [0.05, 0.1) is 13.2 Å². The summed E-state index contributed by atoms with van der Waals surface area (Å²) in [6.45, 7) is 4.56. The van der Waals surface area contributed by atoms with Crippen LogP contribution in [-0.4, -0.2) is 30.1 Å². The van der Waals surface area contributed by atoms with Crippen LogP contribution in [0.15, 0.2) is 12.1 Å². The van der Waals surface area contributed by atoms with E-state index in [0.717, 1.165) is 12.8 Å². The van der Waals surface area contributed by atoms with Gasteiger partial charge in [0, 0.05) is 0 Å². The van der Waals surface area contributed by atoms with E-state index in [0.29, 0.717) is 13.2 Å². The first kappa shape index (κ1) is 13.3. The number of carbonyl (C=O) groups is 2. The number of carbonyl (C=O) groups excluding carboxylic acids is 2. The van der Waals surface area contributed by atoms with Gasteiger partial charge in [-0.05, 0) is 25.0 Å². The topological polar surface area (TPSA) is 68.4 Å². The number of rotatable bonds is 6. The van der Waals surface area contributed by atoms with Gasteiger partial charge in [-0.15, -0.1) is 0 Å². The van der Waals surface area contributed by atoms with E-state index in [1.165, 1.54) is 12.1 Å². The van der Waals surface area contributed by atoms with Crippen molar-refractivity contribution in [2.75, 3.05) is 13.2 Å². The van der Waals surface area contributed by atoms with Gasteiger partial charge in [-0.2, -0.15) is 0 Å². The first-order valence-electron chi connectivity index (χ1n) is 5.72. The summed E-state index contributed by atoms with van der Waals surface area (Å²) in [6, 6.07) is 3.03. The van der Waals surface area contributed by atoms with Crippen LogP contribution in [0.1, 0.15) is 47.7 Å². The molecule has 0 aliphatic heterocycles. The average molecular weight is 239 g/mol. The third-order valence-electron chi connectivity index (χ3n) is 2.00. The summed E-state index contributed by atoms with van der Waals surface area (Å²) in [5.74, 6) is -0.914. The Morgan fingerprint density at radius 1 is 1.00 bits per heavy atom. The number of nitrogens with one attached hydrogen (secondary N) is 1. The van der Waals surface area contributed by atoms with Gasteiger partial charge >= 0.3 is 11.9 Å². The highest BCUT2D eigenvalue weighted by molar-refractivity contribution is 5.92. The van der Waals surface area contributed by atoms with Crippen LogP contribution in [0.25, 0.3) is 0 Å². The zero-order chi connectivity index (χ0) is 12.7. The van der Waals surface area contributed by atoms with E-state index in [1.807, 2.05) is 13.8 Å². The second-order valence-electron chi connectivity index (χ2n) is 3.56. The molecular weight excluding hydrogens is 222 g/mol. The van der Waals surface area contributed by atoms with Crippen molar-refractivity contribution in [2.45, 2.75) is 26.7 Å². The summed E-state index contributed by atoms with van der Waals surface area (Å²) in [4.78, 5) is 25.6. The monoisotopic (exact) mass is 239 g/mol. The molecule has 1 N–H and O–H groups in total. The predicted octanol–water partition coefficient (Wildman–Crippen LogP) is 2.15. The van der Waals surface area contributed by atoms with E-state index >= 15 is 0 Å². The fraction of sp³-hybridized carbons (Fsp3) is 0.500. The molecule has 0 unspecified atom stereocenters. The van der Waals surface area contributed by atoms with Crippen LogP contribution in [0, 0.1) is 0 Å². The molecule has 0 atom stereocenters. The minimum Gasteiger partial charge on any atom is -0.461 e. The molecule has 0 amide bonds. The minimum atomic E-state index is -0.457. The fourth-order valence-corrected chi connectivity index (χ4v) is 1.18. The normalized spacial score (nSPS) is 10.0. The first-order valence-corrected chi connectivity index (χ1v) is 5.72. The van der Waals surface area contributed by atoms with Gasteiger partial charge in [0.2, 0.25) is 0 Å². The smallest absolute Gasteiger partial charge is 0.354 e. The van der Waals surface area contributed by atoms with Crippen molar-refractivity contribution in [2.24, 2.45) is 0 Å². The van der Waals surface area contributed by atoms with Crippen molar-refractivity contribution in [3.05, 3.63) is 23.5 Å². The third-order valence-corrected chi connectivity index (χ3v) is 2.00. The standard InChI is InChI=1S/C12H17NO4/c1-3-7-16-11(14)9-5-6-10(13-9)12(15)17-8-4-2/h5-6,13H,3-4,7-8H2,1-2H3. The molecule has 94 valence electrons. The SMILES string of the molecule is CCCOC(=O)c1ccc(C(=O)OCCC)[nH]1. The van der Waals surface area contributed by atoms with Crippen molar-refractivity contribution < 1.29 is 19.1 Å². The van der Waals surface area contributed by atoms with Gasteiger partial charge in [-0.25, -0.2) is 9.59 Å². The summed E-state index contributed by atoms with van der Waals surface area (Å²) in [5, 5.41) is 0. The van der Waals surface area contributed by atoms with E-state index < -0.39 is 11.9 Å². The fourth-order valence-electron chi connectivity index (χ4n) is 1.18. The maximum Gasteiger partial charge on any atom is 0.354 e. The quantitative estimate of drug-likeness (QED) is 0.772. The van der Waals surface area contributed by atoms with E-state index in [2.05, 4.69) is 4.98 Å². The van der Waals surface area contributed by atoms with Crippen molar-refractivity contribution >= 4 is 11.9 Å². The summed E-state index contributed by atoms with van der Waals surface area (Å²) in [5.41, 5.74) is 0.531. The van der Waals surface area contributed by atoms with Gasteiger partial charge in [0.15, 0.2) is 0 Å². The molecule has 5 heteroatoms. The summed E-state index contributed by atoms with van der Waals surface area (Å²) in [6.07, 6.45) is 1.52. The second kappa shape index (κ2) is 6.73. The molecule has 1 heterocycles. The van der Waals surface area contributed by atoms with Crippen LogP contribution < -0.4 is 0 Å². The first-order chi connectivity index (χ1) is 8.19. The number of hydrogen-bond donors (Lipinski definition) is 1. The molecule has 0 aliphatic carbocycles. The second-order valence-corrected chi connectivity index (χ2v) is 3.56. The van der Waals surface area contributed by atoms with Crippen LogP contribution >= 0.6 is 0 Å². The lowest BCUT2D eigenvalue weighted by Crippen LogP contribution is -2.09. The maximum absolute atomic E-state index is 11.4. The summed E-state index contributed by atoms with van der Waals surface area (Å²) >= 11 is 0. The molecule has 0 radical (unpaired) electrons. The molecule has 0 aromatic carbocycles. The number of hydrogen-bond acceptors (Lipinski definition) is 4. The van der Waals surface area contributed by atoms with E-state index in [-0.39, 0.29) is 11.4 Å². The molecule has 1 rings (SSSR count). The third kappa shape index (κ3) is 3.94. The highest BCUT2D eigenvalue weighted by atomic mass is 16.5. The Bertz CT molecular complexity index is 349. The van der Waals surface area contributed by atoms with Crippen molar-refractivity contribution in [1.82, 2.24) is 4.98 Å². The van der Waals surface area contributed by atoms with Gasteiger partial charge in [0.1, 0.15) is 11.4 Å². The molecule has 0 aliphatic rings. The minimum absolute atomic E-state index is 0.266. The maximum atomic E-state index is 11.4. The van der Waals surface area contributed by atoms with Gasteiger partial charge in [0.25, 0.3) is 0 Å². The molecule has 1 aromatic rings. The number of esters is 2. The van der Waals surface area contributed by atoms with Gasteiger partial charge < -0.3 is 14.5 Å². The van der Waals surface area contributed by atoms with Crippen LogP contribution in [0.5, 0.6) is 0 Å². The predicted molar refractivity (Wildman–Crippen MR) is 61.9 cm³/mol. The molecule has 5 nitrogen and oxygen atoms in total. The number of ether oxygens (including phenoxy) is 2. The Balaban J connectivity index is 2.58. The molecule has 0 spiro atoms. The summed E-state index contributed by atoms with van der Waals surface area (Å²) in [7, 11) is 0. The lowest BCUT2D eigenvalue weighted by molar-refractivity contribution is 0.0494. The largest absolute Gasteiger partial charge is 0.461 e. The zero-order valence-electron chi connectivity index (χ0n) is 10.1. The van der Waals surface area contributed by atoms with Crippen molar-refractivity contribution in [3.63, 3.8) is 0 Å². The van der Waals surface area contributed by atoms with E-state index in [4.69, 9.17) is 9.47 Å². The van der Waals surface area contributed by atoms with Crippen LogP contribution in [-0.2, 0) is 9.47 Å². The highest BCUT2D eigenvalue weighted by Crippen LogP contribution is 2.06. The number of aromatic amines is 1. The Morgan fingerprint density at radius 3 is 1.76 bits per heavy atom. The Labute approximate surface area is 100 Å². The molecule has 0 saturated heterocycles. The zero-order valence-corrected chi connectivity index (χ0v) is 10.1. The van der Waals surface area contributed by atoms with Crippen LogP contribution in [0.2, 0.25) is 0 Å². The van der Waals surface area contributed by atoms with Crippen LogP contribution in [0.4, 0.5) is 0 Å². The highest BCUT2D eigenvalue weighted by Gasteiger charge is 2.14. The summed E-state index contributed by atoms with van der Waals surface area (Å²) < 4.78 is 9.86. The molecule has 0 fully saturated rings. The number of H-pyrrole nitrogens is 1. The Hall–Kier alpha value is -1.78. The molecule has 0 bridgehead atoms. The van der Waals surface area contributed by atoms with Gasteiger partial charge in [-0.3, -0.25) is 0 Å². The van der Waals surface area contributed by atoms with E-state index in [9.17, 15) is 9.59 Å². The van der Waals surface area contributed by atoms with E-state index in [1.54, 1.807) is 0 Å².